The molecule has 1 aromatic rings. The highest BCUT2D eigenvalue weighted by molar-refractivity contribution is 7.98. The first-order chi connectivity index (χ1) is 15.9. The van der Waals surface area contributed by atoms with Crippen molar-refractivity contribution < 1.29 is 34.2 Å². The van der Waals surface area contributed by atoms with Crippen LogP contribution in [0.5, 0.6) is 5.75 Å². The summed E-state index contributed by atoms with van der Waals surface area (Å²) >= 11 is 1.43. The molecule has 0 bridgehead atoms. The summed E-state index contributed by atoms with van der Waals surface area (Å²) in [5, 5.41) is 25.4. The van der Waals surface area contributed by atoms with E-state index in [4.69, 9.17) is 16.6 Å². The number of aliphatic carboxylic acids is 1. The van der Waals surface area contributed by atoms with Gasteiger partial charge in [-0.15, -0.1) is 0 Å². The van der Waals surface area contributed by atoms with Crippen LogP contribution in [0.25, 0.3) is 0 Å². The number of phenols is 1. The first kappa shape index (κ1) is 28.7. The Morgan fingerprint density at radius 3 is 2.06 bits per heavy atom. The molecule has 4 atom stereocenters. The van der Waals surface area contributed by atoms with Crippen molar-refractivity contribution in [2.75, 3.05) is 12.0 Å². The summed E-state index contributed by atoms with van der Waals surface area (Å²) < 4.78 is 0. The third kappa shape index (κ3) is 10.1. The Bertz CT molecular complexity index is 881. The summed E-state index contributed by atoms with van der Waals surface area (Å²) in [4.78, 5) is 60.3. The Balaban J connectivity index is 2.89. The molecule has 0 heterocycles. The van der Waals surface area contributed by atoms with Crippen molar-refractivity contribution in [3.8, 4) is 5.75 Å². The Morgan fingerprint density at radius 1 is 0.971 bits per heavy atom. The predicted molar refractivity (Wildman–Crippen MR) is 126 cm³/mol. The molecule has 4 amide bonds. The smallest absolute Gasteiger partial charge is 0.325 e. The van der Waals surface area contributed by atoms with Crippen molar-refractivity contribution in [1.82, 2.24) is 16.0 Å². The van der Waals surface area contributed by atoms with Gasteiger partial charge in [0.1, 0.15) is 23.9 Å². The number of amides is 4. The van der Waals surface area contributed by atoms with E-state index in [2.05, 4.69) is 16.0 Å². The fourth-order valence-corrected chi connectivity index (χ4v) is 3.29. The summed E-state index contributed by atoms with van der Waals surface area (Å²) in [5.41, 5.74) is 11.8. The van der Waals surface area contributed by atoms with Crippen molar-refractivity contribution in [3.05, 3.63) is 29.8 Å². The normalized spacial score (nSPS) is 14.2. The van der Waals surface area contributed by atoms with Gasteiger partial charge in [-0.1, -0.05) is 12.1 Å². The van der Waals surface area contributed by atoms with Gasteiger partial charge >= 0.3 is 5.97 Å². The zero-order valence-electron chi connectivity index (χ0n) is 18.9. The molecular formula is C21H31N5O7S. The van der Waals surface area contributed by atoms with Gasteiger partial charge in [0, 0.05) is 0 Å². The lowest BCUT2D eigenvalue weighted by Gasteiger charge is -2.24. The monoisotopic (exact) mass is 497 g/mol. The molecule has 4 unspecified atom stereocenters. The van der Waals surface area contributed by atoms with Crippen molar-refractivity contribution in [1.29, 1.82) is 0 Å². The standard InChI is InChI=1S/C21H31N5O7S/c1-11(21(32)33)24-20(31)16(10-17(23)28)26-19(30)15(7-8-34-2)25-18(29)14(22)9-12-3-5-13(27)6-4-12/h3-6,11,14-16,27H,7-10,22H2,1-2H3,(H2,23,28)(H,24,31)(H,25,29)(H,26,30)(H,32,33). The van der Waals surface area contributed by atoms with Crippen molar-refractivity contribution in [3.63, 3.8) is 0 Å². The molecule has 0 aliphatic rings. The fourth-order valence-electron chi connectivity index (χ4n) is 2.82. The Morgan fingerprint density at radius 2 is 1.53 bits per heavy atom. The van der Waals surface area contributed by atoms with Crippen LogP contribution >= 0.6 is 11.8 Å². The second-order valence-corrected chi connectivity index (χ2v) is 8.61. The molecule has 0 aliphatic heterocycles. The van der Waals surface area contributed by atoms with E-state index in [0.717, 1.165) is 0 Å². The second-order valence-electron chi connectivity index (χ2n) is 7.62. The molecule has 188 valence electrons. The van der Waals surface area contributed by atoms with E-state index in [1.54, 1.807) is 12.1 Å². The summed E-state index contributed by atoms with van der Waals surface area (Å²) in [5.74, 6) is -3.87. The van der Waals surface area contributed by atoms with Gasteiger partial charge in [-0.3, -0.25) is 24.0 Å². The maximum Gasteiger partial charge on any atom is 0.325 e. The average molecular weight is 498 g/mol. The maximum absolute atomic E-state index is 12.9. The lowest BCUT2D eigenvalue weighted by Crippen LogP contribution is -2.57. The van der Waals surface area contributed by atoms with E-state index in [1.165, 1.54) is 30.8 Å². The maximum atomic E-state index is 12.9. The molecule has 0 saturated heterocycles. The average Bonchev–Trinajstić information content (AvgIpc) is 2.76. The van der Waals surface area contributed by atoms with E-state index in [-0.39, 0.29) is 18.6 Å². The Kier molecular flexibility index (Phi) is 11.9. The van der Waals surface area contributed by atoms with Gasteiger partial charge in [-0.2, -0.15) is 11.8 Å². The number of carbonyl (C=O) groups is 5. The number of benzene rings is 1. The minimum absolute atomic E-state index is 0.0721. The molecule has 0 aromatic heterocycles. The number of aromatic hydroxyl groups is 1. The van der Waals surface area contributed by atoms with E-state index in [9.17, 15) is 29.1 Å². The summed E-state index contributed by atoms with van der Waals surface area (Å²) in [6, 6.07) is 1.42. The van der Waals surface area contributed by atoms with Crippen LogP contribution < -0.4 is 27.4 Å². The molecule has 0 fully saturated rings. The fraction of sp³-hybridized carbons (Fsp3) is 0.476. The number of thioether (sulfide) groups is 1. The lowest BCUT2D eigenvalue weighted by atomic mass is 10.0. The van der Waals surface area contributed by atoms with Crippen LogP contribution in [0.2, 0.25) is 0 Å². The quantitative estimate of drug-likeness (QED) is 0.158. The van der Waals surface area contributed by atoms with Crippen LogP contribution in [-0.2, 0) is 30.4 Å². The van der Waals surface area contributed by atoms with Crippen LogP contribution in [0.1, 0.15) is 25.3 Å². The lowest BCUT2D eigenvalue weighted by molar-refractivity contribution is -0.142. The minimum Gasteiger partial charge on any atom is -0.508 e. The number of phenolic OH excluding ortho intramolecular Hbond substituents is 1. The van der Waals surface area contributed by atoms with E-state index in [1.807, 2.05) is 6.26 Å². The molecule has 0 aliphatic carbocycles. The third-order valence-electron chi connectivity index (χ3n) is 4.74. The van der Waals surface area contributed by atoms with Crippen LogP contribution in [-0.4, -0.2) is 76.0 Å². The second kappa shape index (κ2) is 14.1. The molecule has 0 spiro atoms. The Hall–Kier alpha value is -3.32. The molecule has 1 aromatic carbocycles. The molecule has 0 saturated carbocycles. The molecule has 1 rings (SSSR count). The van der Waals surface area contributed by atoms with Gasteiger partial charge in [0.25, 0.3) is 0 Å². The minimum atomic E-state index is -1.42. The van der Waals surface area contributed by atoms with Crippen molar-refractivity contribution >= 4 is 41.4 Å². The van der Waals surface area contributed by atoms with Crippen LogP contribution in [0, 0.1) is 0 Å². The van der Waals surface area contributed by atoms with E-state index < -0.39 is 60.2 Å². The largest absolute Gasteiger partial charge is 0.508 e. The molecule has 9 N–H and O–H groups in total. The number of primary amides is 1. The first-order valence-corrected chi connectivity index (χ1v) is 11.8. The topological polar surface area (TPSA) is 214 Å². The number of carboxylic acids is 1. The number of nitrogens with one attached hydrogen (secondary N) is 3. The van der Waals surface area contributed by atoms with Crippen molar-refractivity contribution in [2.45, 2.75) is 50.4 Å². The van der Waals surface area contributed by atoms with E-state index in [0.29, 0.717) is 11.3 Å². The SMILES string of the molecule is CSCCC(NC(=O)C(N)Cc1ccc(O)cc1)C(=O)NC(CC(N)=O)C(=O)NC(C)C(=O)O. The zero-order chi connectivity index (χ0) is 25.8. The number of nitrogens with two attached hydrogens (primary N) is 2. The van der Waals surface area contributed by atoms with Gasteiger partial charge in [0.2, 0.25) is 23.6 Å². The van der Waals surface area contributed by atoms with Crippen LogP contribution in [0.15, 0.2) is 24.3 Å². The van der Waals surface area contributed by atoms with Gasteiger partial charge < -0.3 is 37.6 Å². The Labute approximate surface area is 201 Å². The highest BCUT2D eigenvalue weighted by Gasteiger charge is 2.30. The number of rotatable bonds is 14. The number of carboxylic acid groups (broad SMARTS) is 1. The van der Waals surface area contributed by atoms with Gasteiger partial charge in [-0.25, -0.2) is 0 Å². The number of hydrogen-bond acceptors (Lipinski definition) is 8. The third-order valence-corrected chi connectivity index (χ3v) is 5.38. The summed E-state index contributed by atoms with van der Waals surface area (Å²) in [7, 11) is 0. The van der Waals surface area contributed by atoms with E-state index >= 15 is 0 Å². The predicted octanol–water partition coefficient (Wildman–Crippen LogP) is -1.55. The van der Waals surface area contributed by atoms with Gasteiger partial charge in [0.15, 0.2) is 0 Å². The highest BCUT2D eigenvalue weighted by atomic mass is 32.2. The molecule has 12 nitrogen and oxygen atoms in total. The first-order valence-electron chi connectivity index (χ1n) is 10.4. The van der Waals surface area contributed by atoms with Crippen LogP contribution in [0.4, 0.5) is 0 Å². The van der Waals surface area contributed by atoms with Gasteiger partial charge in [0.05, 0.1) is 12.5 Å². The molecule has 0 radical (unpaired) electrons. The van der Waals surface area contributed by atoms with Crippen molar-refractivity contribution in [2.24, 2.45) is 11.5 Å². The van der Waals surface area contributed by atoms with Crippen LogP contribution in [0.3, 0.4) is 0 Å². The molecule has 13 heteroatoms. The number of hydrogen-bond donors (Lipinski definition) is 7. The highest BCUT2D eigenvalue weighted by Crippen LogP contribution is 2.11. The van der Waals surface area contributed by atoms with Gasteiger partial charge in [-0.05, 0) is 49.5 Å². The zero-order valence-corrected chi connectivity index (χ0v) is 19.8. The molecule has 34 heavy (non-hydrogen) atoms. The summed E-state index contributed by atoms with van der Waals surface area (Å²) in [6.45, 7) is 1.22. The molecular weight excluding hydrogens is 466 g/mol. The number of carbonyl (C=O) groups excluding carboxylic acids is 4. The summed E-state index contributed by atoms with van der Waals surface area (Å²) in [6.07, 6.45) is 1.61.